The first-order chi connectivity index (χ1) is 6.32. The van der Waals surface area contributed by atoms with E-state index in [1.165, 1.54) is 6.07 Å². The molecule has 0 bridgehead atoms. The molecule has 14 heavy (non-hydrogen) atoms. The van der Waals surface area contributed by atoms with Crippen LogP contribution < -0.4 is 5.14 Å². The number of nitrogens with two attached hydrogens (primary N) is 1. The molecule has 1 aromatic heterocycles. The SMILES string of the molecule is NS(=O)(=O)c1ccc(Br)c([N+](=O)[O-])n1. The highest BCUT2D eigenvalue weighted by molar-refractivity contribution is 9.10. The van der Waals surface area contributed by atoms with Gasteiger partial charge in [-0.05, 0) is 31.9 Å². The molecular formula is C5H4BrN3O4S. The fraction of sp³-hybridized carbons (Fsp3) is 0. The summed E-state index contributed by atoms with van der Waals surface area (Å²) in [6.45, 7) is 0. The molecule has 0 fully saturated rings. The molecule has 0 radical (unpaired) electrons. The summed E-state index contributed by atoms with van der Waals surface area (Å²) in [6, 6.07) is 2.28. The predicted molar refractivity (Wildman–Crippen MR) is 50.0 cm³/mol. The van der Waals surface area contributed by atoms with Crippen molar-refractivity contribution in [1.29, 1.82) is 0 Å². The Labute approximate surface area is 87.3 Å². The Balaban J connectivity index is 3.42. The fourth-order valence-corrected chi connectivity index (χ4v) is 1.54. The molecule has 9 heteroatoms. The number of halogens is 1. The molecule has 1 heterocycles. The third-order valence-corrected chi connectivity index (χ3v) is 2.70. The van der Waals surface area contributed by atoms with Gasteiger partial charge in [-0.2, -0.15) is 0 Å². The maximum Gasteiger partial charge on any atom is 0.379 e. The summed E-state index contributed by atoms with van der Waals surface area (Å²) in [5.74, 6) is -0.587. The number of rotatable bonds is 2. The Bertz CT molecular complexity index is 486. The third-order valence-electron chi connectivity index (χ3n) is 1.27. The molecular weight excluding hydrogens is 278 g/mol. The third kappa shape index (κ3) is 2.25. The van der Waals surface area contributed by atoms with Crippen LogP contribution in [0.2, 0.25) is 0 Å². The van der Waals surface area contributed by atoms with Gasteiger partial charge in [0.2, 0.25) is 0 Å². The van der Waals surface area contributed by atoms with E-state index in [1.807, 2.05) is 0 Å². The monoisotopic (exact) mass is 281 g/mol. The van der Waals surface area contributed by atoms with Gasteiger partial charge in [-0.1, -0.05) is 0 Å². The van der Waals surface area contributed by atoms with Gasteiger partial charge in [-0.3, -0.25) is 0 Å². The highest BCUT2D eigenvalue weighted by Gasteiger charge is 2.21. The standard InChI is InChI=1S/C5H4BrN3O4S/c6-3-1-2-4(14(7,12)13)8-5(3)9(10)11/h1-2H,(H2,7,12,13). The molecule has 0 saturated carbocycles. The lowest BCUT2D eigenvalue weighted by atomic mass is 10.5. The zero-order chi connectivity index (χ0) is 10.9. The molecule has 0 amide bonds. The number of primary sulfonamides is 1. The van der Waals surface area contributed by atoms with Gasteiger partial charge in [-0.15, -0.1) is 0 Å². The van der Waals surface area contributed by atoms with Gasteiger partial charge in [0.05, 0.1) is 0 Å². The van der Waals surface area contributed by atoms with Crippen LogP contribution in [0.1, 0.15) is 0 Å². The Morgan fingerprint density at radius 2 is 2.07 bits per heavy atom. The van der Waals surface area contributed by atoms with Crippen LogP contribution in [0.25, 0.3) is 0 Å². The van der Waals surface area contributed by atoms with Gasteiger partial charge in [0.1, 0.15) is 4.47 Å². The summed E-state index contributed by atoms with van der Waals surface area (Å²) < 4.78 is 21.7. The molecule has 0 aliphatic carbocycles. The molecule has 1 rings (SSSR count). The quantitative estimate of drug-likeness (QED) is 0.622. The smallest absolute Gasteiger partial charge is 0.358 e. The lowest BCUT2D eigenvalue weighted by Crippen LogP contribution is -2.14. The zero-order valence-corrected chi connectivity index (χ0v) is 8.95. The number of nitrogens with zero attached hydrogens (tertiary/aromatic N) is 2. The van der Waals surface area contributed by atoms with Crippen LogP contribution in [-0.4, -0.2) is 18.3 Å². The lowest BCUT2D eigenvalue weighted by molar-refractivity contribution is -0.390. The van der Waals surface area contributed by atoms with Crippen molar-refractivity contribution in [1.82, 2.24) is 4.98 Å². The molecule has 0 atom stereocenters. The van der Waals surface area contributed by atoms with Crippen LogP contribution in [0.15, 0.2) is 21.6 Å². The number of nitro groups is 1. The number of hydrogen-bond acceptors (Lipinski definition) is 5. The topological polar surface area (TPSA) is 116 Å². The minimum absolute atomic E-state index is 0.0925. The molecule has 7 nitrogen and oxygen atoms in total. The zero-order valence-electron chi connectivity index (χ0n) is 6.55. The summed E-state index contributed by atoms with van der Waals surface area (Å²) in [6.07, 6.45) is 0. The van der Waals surface area contributed by atoms with Crippen LogP contribution >= 0.6 is 15.9 Å². The normalized spacial score (nSPS) is 11.3. The largest absolute Gasteiger partial charge is 0.379 e. The van der Waals surface area contributed by atoms with Gasteiger partial charge in [0, 0.05) is 6.07 Å². The first-order valence-corrected chi connectivity index (χ1v) is 5.50. The Morgan fingerprint density at radius 1 is 1.50 bits per heavy atom. The summed E-state index contributed by atoms with van der Waals surface area (Å²) in [5.41, 5.74) is 0. The van der Waals surface area contributed by atoms with Crippen LogP contribution in [0.4, 0.5) is 5.82 Å². The maximum atomic E-state index is 10.8. The number of pyridine rings is 1. The number of aromatic nitrogens is 1. The summed E-state index contributed by atoms with van der Waals surface area (Å²) in [4.78, 5) is 12.9. The van der Waals surface area contributed by atoms with Crippen molar-refractivity contribution in [3.05, 3.63) is 26.7 Å². The first kappa shape index (κ1) is 11.0. The minimum atomic E-state index is -4.01. The molecule has 0 aliphatic rings. The van der Waals surface area contributed by atoms with E-state index in [9.17, 15) is 18.5 Å². The summed E-state index contributed by atoms with van der Waals surface area (Å²) >= 11 is 2.86. The average Bonchev–Trinajstić information content (AvgIpc) is 2.02. The molecule has 76 valence electrons. The van der Waals surface area contributed by atoms with E-state index in [1.54, 1.807) is 0 Å². The van der Waals surface area contributed by atoms with E-state index in [4.69, 9.17) is 5.14 Å². The number of hydrogen-bond donors (Lipinski definition) is 1. The van der Waals surface area contributed by atoms with Gasteiger partial charge in [0.15, 0.2) is 0 Å². The highest BCUT2D eigenvalue weighted by atomic mass is 79.9. The molecule has 1 aromatic rings. The van der Waals surface area contributed by atoms with Crippen molar-refractivity contribution in [2.75, 3.05) is 0 Å². The van der Waals surface area contributed by atoms with E-state index in [0.717, 1.165) is 6.07 Å². The van der Waals surface area contributed by atoms with Crippen LogP contribution in [0, 0.1) is 10.1 Å². The molecule has 0 unspecified atom stereocenters. The molecule has 0 aliphatic heterocycles. The fourth-order valence-electron chi connectivity index (χ4n) is 0.701. The second-order valence-electron chi connectivity index (χ2n) is 2.26. The molecule has 0 aromatic carbocycles. The second-order valence-corrected chi connectivity index (χ2v) is 4.62. The van der Waals surface area contributed by atoms with Gasteiger partial charge < -0.3 is 10.1 Å². The van der Waals surface area contributed by atoms with E-state index in [-0.39, 0.29) is 4.47 Å². The van der Waals surface area contributed by atoms with Crippen LogP contribution in [-0.2, 0) is 10.0 Å². The number of sulfonamides is 1. The first-order valence-electron chi connectivity index (χ1n) is 3.16. The van der Waals surface area contributed by atoms with E-state index in [2.05, 4.69) is 20.9 Å². The minimum Gasteiger partial charge on any atom is -0.358 e. The molecule has 0 spiro atoms. The van der Waals surface area contributed by atoms with Gasteiger partial charge in [0.25, 0.3) is 15.0 Å². The Morgan fingerprint density at radius 3 is 2.50 bits per heavy atom. The van der Waals surface area contributed by atoms with Crippen LogP contribution in [0.3, 0.4) is 0 Å². The van der Waals surface area contributed by atoms with Crippen molar-refractivity contribution in [2.24, 2.45) is 5.14 Å². The van der Waals surface area contributed by atoms with E-state index >= 15 is 0 Å². The lowest BCUT2D eigenvalue weighted by Gasteiger charge is -1.96. The van der Waals surface area contributed by atoms with E-state index < -0.39 is 25.8 Å². The van der Waals surface area contributed by atoms with Crippen molar-refractivity contribution >= 4 is 31.8 Å². The Kier molecular flexibility index (Phi) is 2.83. The van der Waals surface area contributed by atoms with Crippen LogP contribution in [0.5, 0.6) is 0 Å². The van der Waals surface area contributed by atoms with Crippen molar-refractivity contribution in [3.63, 3.8) is 0 Å². The van der Waals surface area contributed by atoms with E-state index in [0.29, 0.717) is 0 Å². The highest BCUT2D eigenvalue weighted by Crippen LogP contribution is 2.23. The van der Waals surface area contributed by atoms with Crippen molar-refractivity contribution in [2.45, 2.75) is 5.03 Å². The van der Waals surface area contributed by atoms with Crippen molar-refractivity contribution < 1.29 is 13.3 Å². The maximum absolute atomic E-state index is 10.8. The summed E-state index contributed by atoms with van der Waals surface area (Å²) in [7, 11) is -4.01. The predicted octanol–water partition coefficient (Wildman–Crippen LogP) is 0.400. The van der Waals surface area contributed by atoms with Crippen molar-refractivity contribution in [3.8, 4) is 0 Å². The molecule has 2 N–H and O–H groups in total. The second kappa shape index (κ2) is 3.59. The Hall–Kier alpha value is -1.06. The molecule has 0 saturated heterocycles. The average molecular weight is 282 g/mol. The summed E-state index contributed by atoms with van der Waals surface area (Å²) in [5, 5.41) is 14.6. The van der Waals surface area contributed by atoms with Gasteiger partial charge >= 0.3 is 5.82 Å². The van der Waals surface area contributed by atoms with Gasteiger partial charge in [-0.25, -0.2) is 13.6 Å².